The van der Waals surface area contributed by atoms with Gasteiger partial charge in [0.2, 0.25) is 0 Å². The highest BCUT2D eigenvalue weighted by Gasteiger charge is 2.18. The lowest BCUT2D eigenvalue weighted by Crippen LogP contribution is -2.26. The molecule has 1 amide bonds. The molecule has 2 aromatic rings. The van der Waals surface area contributed by atoms with Gasteiger partial charge >= 0.3 is 0 Å². The van der Waals surface area contributed by atoms with Crippen molar-refractivity contribution in [3.63, 3.8) is 0 Å². The molecule has 128 valence electrons. The van der Waals surface area contributed by atoms with Crippen LogP contribution < -0.4 is 15.4 Å². The van der Waals surface area contributed by atoms with Gasteiger partial charge in [0.05, 0.1) is 0 Å². The highest BCUT2D eigenvalue weighted by molar-refractivity contribution is 7.15. The van der Waals surface area contributed by atoms with Gasteiger partial charge in [0.1, 0.15) is 5.82 Å². The summed E-state index contributed by atoms with van der Waals surface area (Å²) in [4.78, 5) is 17.2. The van der Waals surface area contributed by atoms with E-state index in [4.69, 9.17) is 4.74 Å². The Hall–Kier alpha value is -2.06. The van der Waals surface area contributed by atoms with Crippen molar-refractivity contribution < 1.29 is 18.3 Å². The van der Waals surface area contributed by atoms with Gasteiger partial charge in [-0.25, -0.2) is 13.8 Å². The summed E-state index contributed by atoms with van der Waals surface area (Å²) in [6.07, 6.45) is 3.90. The van der Waals surface area contributed by atoms with Crippen LogP contribution in [0.4, 0.5) is 13.9 Å². The van der Waals surface area contributed by atoms with E-state index < -0.39 is 17.5 Å². The van der Waals surface area contributed by atoms with Crippen molar-refractivity contribution in [2.24, 2.45) is 0 Å². The first-order chi connectivity index (χ1) is 11.6. The number of rotatable bonds is 5. The van der Waals surface area contributed by atoms with Gasteiger partial charge in [-0.2, -0.15) is 0 Å². The number of piperidine rings is 1. The molecule has 2 heterocycles. The number of carbonyl (C=O) groups excluding carboxylic acids is 1. The van der Waals surface area contributed by atoms with E-state index >= 15 is 0 Å². The van der Waals surface area contributed by atoms with Crippen LogP contribution in [0.5, 0.6) is 5.75 Å². The predicted molar refractivity (Wildman–Crippen MR) is 87.4 cm³/mol. The van der Waals surface area contributed by atoms with E-state index in [9.17, 15) is 13.6 Å². The molecule has 1 saturated heterocycles. The van der Waals surface area contributed by atoms with Crippen LogP contribution in [-0.4, -0.2) is 30.6 Å². The van der Waals surface area contributed by atoms with Crippen molar-refractivity contribution >= 4 is 22.4 Å². The lowest BCUT2D eigenvalue weighted by Gasteiger charge is -2.20. The van der Waals surface area contributed by atoms with Gasteiger partial charge in [-0.05, 0) is 44.0 Å². The van der Waals surface area contributed by atoms with Crippen molar-refractivity contribution in [2.45, 2.75) is 18.8 Å². The maximum Gasteiger partial charge on any atom is 0.264 e. The minimum absolute atomic E-state index is 0.166. The lowest BCUT2D eigenvalue weighted by molar-refractivity contribution is -0.118. The number of carbonyl (C=O) groups is 1. The third-order valence-corrected chi connectivity index (χ3v) is 4.84. The number of hydrogen-bond donors (Lipinski definition) is 2. The number of amides is 1. The highest BCUT2D eigenvalue weighted by Crippen LogP contribution is 2.31. The Morgan fingerprint density at radius 2 is 2.17 bits per heavy atom. The zero-order chi connectivity index (χ0) is 16.9. The third kappa shape index (κ3) is 4.27. The summed E-state index contributed by atoms with van der Waals surface area (Å²) in [6, 6.07) is 2.93. The molecule has 0 bridgehead atoms. The van der Waals surface area contributed by atoms with Gasteiger partial charge in [0.25, 0.3) is 5.91 Å². The quantitative estimate of drug-likeness (QED) is 0.868. The summed E-state index contributed by atoms with van der Waals surface area (Å²) in [6.45, 7) is 1.60. The Kier molecular flexibility index (Phi) is 5.37. The van der Waals surface area contributed by atoms with Gasteiger partial charge in [0, 0.05) is 17.1 Å². The molecule has 3 rings (SSSR count). The number of benzene rings is 1. The molecular weight excluding hydrogens is 336 g/mol. The summed E-state index contributed by atoms with van der Waals surface area (Å²) in [5.74, 6) is -1.67. The largest absolute Gasteiger partial charge is 0.481 e. The van der Waals surface area contributed by atoms with Crippen LogP contribution in [0.3, 0.4) is 0 Å². The van der Waals surface area contributed by atoms with Crippen LogP contribution >= 0.6 is 11.3 Å². The summed E-state index contributed by atoms with van der Waals surface area (Å²) in [7, 11) is 0. The molecule has 8 heteroatoms. The minimum Gasteiger partial charge on any atom is -0.481 e. The fourth-order valence-corrected chi connectivity index (χ4v) is 3.53. The summed E-state index contributed by atoms with van der Waals surface area (Å²) < 4.78 is 31.3. The van der Waals surface area contributed by atoms with E-state index in [0.717, 1.165) is 42.9 Å². The second kappa shape index (κ2) is 7.67. The Bertz CT molecular complexity index is 717. The Morgan fingerprint density at radius 3 is 2.92 bits per heavy atom. The molecule has 5 nitrogen and oxygen atoms in total. The fourth-order valence-electron chi connectivity index (χ4n) is 2.53. The van der Waals surface area contributed by atoms with Gasteiger partial charge < -0.3 is 10.1 Å². The van der Waals surface area contributed by atoms with E-state index in [1.54, 1.807) is 6.20 Å². The SMILES string of the molecule is O=C(COc1ccc(F)cc1F)Nc1ncc(C2CCNCC2)s1. The monoisotopic (exact) mass is 353 g/mol. The van der Waals surface area contributed by atoms with E-state index in [2.05, 4.69) is 15.6 Å². The Balaban J connectivity index is 1.52. The first-order valence-corrected chi connectivity index (χ1v) is 8.47. The van der Waals surface area contributed by atoms with Crippen molar-refractivity contribution in [3.05, 3.63) is 40.9 Å². The van der Waals surface area contributed by atoms with Crippen LogP contribution in [-0.2, 0) is 4.79 Å². The number of nitrogens with zero attached hydrogens (tertiary/aromatic N) is 1. The fraction of sp³-hybridized carbons (Fsp3) is 0.375. The number of nitrogens with one attached hydrogen (secondary N) is 2. The van der Waals surface area contributed by atoms with Crippen LogP contribution in [0.2, 0.25) is 0 Å². The lowest BCUT2D eigenvalue weighted by atomic mass is 9.97. The normalized spacial score (nSPS) is 15.2. The molecule has 0 saturated carbocycles. The average Bonchev–Trinajstić information content (AvgIpc) is 3.03. The number of hydrogen-bond acceptors (Lipinski definition) is 5. The maximum atomic E-state index is 13.4. The first kappa shape index (κ1) is 16.8. The van der Waals surface area contributed by atoms with E-state index in [1.807, 2.05) is 0 Å². The highest BCUT2D eigenvalue weighted by atomic mass is 32.1. The molecule has 0 spiro atoms. The summed E-state index contributed by atoms with van der Waals surface area (Å²) in [5, 5.41) is 6.44. The molecular formula is C16H17F2N3O2S. The topological polar surface area (TPSA) is 63.2 Å². The molecule has 1 aliphatic rings. The summed E-state index contributed by atoms with van der Waals surface area (Å²) in [5.41, 5.74) is 0. The molecule has 0 aliphatic carbocycles. The van der Waals surface area contributed by atoms with E-state index in [0.29, 0.717) is 17.1 Å². The number of aromatic nitrogens is 1. The zero-order valence-corrected chi connectivity index (χ0v) is 13.7. The first-order valence-electron chi connectivity index (χ1n) is 7.66. The maximum absolute atomic E-state index is 13.4. The minimum atomic E-state index is -0.842. The zero-order valence-electron chi connectivity index (χ0n) is 12.9. The van der Waals surface area contributed by atoms with Crippen molar-refractivity contribution in [2.75, 3.05) is 25.0 Å². The van der Waals surface area contributed by atoms with Crippen molar-refractivity contribution in [3.8, 4) is 5.75 Å². The number of anilines is 1. The average molecular weight is 353 g/mol. The molecule has 24 heavy (non-hydrogen) atoms. The van der Waals surface area contributed by atoms with Crippen LogP contribution in [0, 0.1) is 11.6 Å². The Labute approximate surface area is 142 Å². The molecule has 2 N–H and O–H groups in total. The van der Waals surface area contributed by atoms with Gasteiger partial charge in [-0.3, -0.25) is 10.1 Å². The van der Waals surface area contributed by atoms with Crippen LogP contribution in [0.15, 0.2) is 24.4 Å². The molecule has 0 radical (unpaired) electrons. The second-order valence-corrected chi connectivity index (χ2v) is 6.57. The van der Waals surface area contributed by atoms with Crippen molar-refractivity contribution in [1.29, 1.82) is 0 Å². The van der Waals surface area contributed by atoms with Gasteiger partial charge in [0.15, 0.2) is 23.3 Å². The standard InChI is InChI=1S/C16H17F2N3O2S/c17-11-1-2-13(12(18)7-11)23-9-15(22)21-16-20-8-14(24-16)10-3-5-19-6-4-10/h1-2,7-8,10,19H,3-6,9H2,(H,20,21,22). The molecule has 1 aromatic heterocycles. The molecule has 1 aromatic carbocycles. The van der Waals surface area contributed by atoms with E-state index in [-0.39, 0.29) is 12.4 Å². The summed E-state index contributed by atoms with van der Waals surface area (Å²) >= 11 is 1.44. The van der Waals surface area contributed by atoms with E-state index in [1.165, 1.54) is 11.3 Å². The van der Waals surface area contributed by atoms with Crippen LogP contribution in [0.25, 0.3) is 0 Å². The smallest absolute Gasteiger partial charge is 0.264 e. The molecule has 0 atom stereocenters. The van der Waals surface area contributed by atoms with Gasteiger partial charge in [-0.15, -0.1) is 11.3 Å². The second-order valence-electron chi connectivity index (χ2n) is 5.50. The Morgan fingerprint density at radius 1 is 1.38 bits per heavy atom. The number of ether oxygens (including phenoxy) is 1. The van der Waals surface area contributed by atoms with Crippen molar-refractivity contribution in [1.82, 2.24) is 10.3 Å². The van der Waals surface area contributed by atoms with Gasteiger partial charge in [-0.1, -0.05) is 0 Å². The predicted octanol–water partition coefficient (Wildman–Crippen LogP) is 2.91. The van der Waals surface area contributed by atoms with Crippen LogP contribution in [0.1, 0.15) is 23.6 Å². The number of halogens is 2. The molecule has 1 aliphatic heterocycles. The molecule has 1 fully saturated rings. The number of thiazole rings is 1. The molecule has 0 unspecified atom stereocenters. The third-order valence-electron chi connectivity index (χ3n) is 3.76.